The summed E-state index contributed by atoms with van der Waals surface area (Å²) in [5.74, 6) is 0.0992. The summed E-state index contributed by atoms with van der Waals surface area (Å²) in [6, 6.07) is 3.59. The zero-order chi connectivity index (χ0) is 16.2. The number of amides is 1. The van der Waals surface area contributed by atoms with Gasteiger partial charge in [0.2, 0.25) is 0 Å². The summed E-state index contributed by atoms with van der Waals surface area (Å²) < 4.78 is 1.80. The van der Waals surface area contributed by atoms with Crippen LogP contribution in [0.2, 0.25) is 0 Å². The van der Waals surface area contributed by atoms with E-state index >= 15 is 0 Å². The highest BCUT2D eigenvalue weighted by Gasteiger charge is 2.27. The number of aromatic nitrogens is 4. The molecule has 1 aliphatic rings. The van der Waals surface area contributed by atoms with E-state index in [2.05, 4.69) is 22.0 Å². The van der Waals surface area contributed by atoms with Crippen molar-refractivity contribution in [3.63, 3.8) is 0 Å². The van der Waals surface area contributed by atoms with Crippen molar-refractivity contribution >= 4 is 5.91 Å². The molecule has 0 saturated carbocycles. The van der Waals surface area contributed by atoms with Crippen LogP contribution < -0.4 is 5.69 Å². The highest BCUT2D eigenvalue weighted by atomic mass is 16.2. The van der Waals surface area contributed by atoms with Crippen LogP contribution in [-0.4, -0.2) is 43.6 Å². The molecule has 1 fully saturated rings. The van der Waals surface area contributed by atoms with E-state index in [4.69, 9.17) is 0 Å². The molecule has 1 N–H and O–H groups in total. The molecule has 0 bridgehead atoms. The lowest BCUT2D eigenvalue weighted by atomic mass is 9.94. The molecule has 1 amide bonds. The van der Waals surface area contributed by atoms with Crippen molar-refractivity contribution in [2.24, 2.45) is 0 Å². The van der Waals surface area contributed by atoms with Crippen molar-refractivity contribution in [2.75, 3.05) is 13.1 Å². The minimum atomic E-state index is -0.343. The summed E-state index contributed by atoms with van der Waals surface area (Å²) in [7, 11) is 0. The van der Waals surface area contributed by atoms with Crippen LogP contribution in [0.5, 0.6) is 0 Å². The Hall–Kier alpha value is -2.44. The number of piperidine rings is 1. The molecule has 7 heteroatoms. The summed E-state index contributed by atoms with van der Waals surface area (Å²) in [6.07, 6.45) is 6.21. The summed E-state index contributed by atoms with van der Waals surface area (Å²) in [5.41, 5.74) is 0.991. The van der Waals surface area contributed by atoms with Crippen LogP contribution >= 0.6 is 0 Å². The van der Waals surface area contributed by atoms with E-state index in [1.54, 1.807) is 10.7 Å². The van der Waals surface area contributed by atoms with Gasteiger partial charge < -0.3 is 9.88 Å². The number of nitrogens with one attached hydrogen (secondary N) is 1. The Kier molecular flexibility index (Phi) is 4.55. The zero-order valence-corrected chi connectivity index (χ0v) is 13.2. The molecule has 0 aromatic carbocycles. The number of likely N-dealkylation sites (tertiary alicyclic amines) is 1. The van der Waals surface area contributed by atoms with Crippen molar-refractivity contribution in [1.29, 1.82) is 0 Å². The molecule has 0 unspecified atom stereocenters. The van der Waals surface area contributed by atoms with E-state index in [0.717, 1.165) is 38.0 Å². The van der Waals surface area contributed by atoms with Crippen molar-refractivity contribution in [2.45, 2.75) is 38.6 Å². The monoisotopic (exact) mass is 315 g/mol. The van der Waals surface area contributed by atoms with Gasteiger partial charge in [0, 0.05) is 43.6 Å². The lowest BCUT2D eigenvalue weighted by Gasteiger charge is -2.32. The number of aromatic amines is 1. The molecule has 3 heterocycles. The van der Waals surface area contributed by atoms with Crippen LogP contribution in [0.3, 0.4) is 0 Å². The molecule has 0 aliphatic carbocycles. The average Bonchev–Trinajstić information content (AvgIpc) is 3.03. The third-order valence-electron chi connectivity index (χ3n) is 4.16. The van der Waals surface area contributed by atoms with Gasteiger partial charge in [-0.1, -0.05) is 6.92 Å². The third-order valence-corrected chi connectivity index (χ3v) is 4.16. The standard InChI is InChI=1S/C16H21N5O2/c1-2-8-21-10-6-14(19-21)15(22)20-9-3-4-12(11-20)13-5-7-17-16(23)18-13/h5-7,10,12H,2-4,8-9,11H2,1H3,(H,17,18,23)/t12-/m1/s1. The van der Waals surface area contributed by atoms with Crippen LogP contribution in [0.15, 0.2) is 29.3 Å². The summed E-state index contributed by atoms with van der Waals surface area (Å²) in [5, 5.41) is 4.34. The van der Waals surface area contributed by atoms with Gasteiger partial charge in [0.1, 0.15) is 5.69 Å². The Balaban J connectivity index is 1.72. The molecule has 2 aromatic heterocycles. The molecule has 0 radical (unpaired) electrons. The van der Waals surface area contributed by atoms with Gasteiger partial charge in [-0.25, -0.2) is 9.78 Å². The van der Waals surface area contributed by atoms with Gasteiger partial charge in [-0.15, -0.1) is 0 Å². The maximum Gasteiger partial charge on any atom is 0.345 e. The third kappa shape index (κ3) is 3.49. The Morgan fingerprint density at radius 1 is 1.43 bits per heavy atom. The number of H-pyrrole nitrogens is 1. The molecule has 1 atom stereocenters. The minimum Gasteiger partial charge on any atom is -0.337 e. The number of hydrogen-bond donors (Lipinski definition) is 1. The van der Waals surface area contributed by atoms with Crippen LogP contribution in [0.25, 0.3) is 0 Å². The molecular weight excluding hydrogens is 294 g/mol. The highest BCUT2D eigenvalue weighted by Crippen LogP contribution is 2.25. The number of rotatable bonds is 4. The molecule has 0 spiro atoms. The largest absolute Gasteiger partial charge is 0.345 e. The quantitative estimate of drug-likeness (QED) is 0.924. The van der Waals surface area contributed by atoms with Crippen LogP contribution in [0, 0.1) is 0 Å². The second-order valence-electron chi connectivity index (χ2n) is 5.88. The molecular formula is C16H21N5O2. The van der Waals surface area contributed by atoms with Gasteiger partial charge in [-0.3, -0.25) is 9.48 Å². The number of carbonyl (C=O) groups excluding carboxylic acids is 1. The van der Waals surface area contributed by atoms with Gasteiger partial charge in [0.05, 0.1) is 0 Å². The molecule has 1 aliphatic heterocycles. The maximum atomic E-state index is 12.6. The normalized spacial score (nSPS) is 18.1. The predicted molar refractivity (Wildman–Crippen MR) is 85.3 cm³/mol. The number of aryl methyl sites for hydroxylation is 1. The Morgan fingerprint density at radius 2 is 2.30 bits per heavy atom. The summed E-state index contributed by atoms with van der Waals surface area (Å²) in [6.45, 7) is 4.22. The van der Waals surface area contributed by atoms with Crippen LogP contribution in [-0.2, 0) is 6.54 Å². The molecule has 122 valence electrons. The Labute approximate surface area is 134 Å². The van der Waals surface area contributed by atoms with Gasteiger partial charge in [-0.2, -0.15) is 5.10 Å². The number of hydrogen-bond acceptors (Lipinski definition) is 4. The van der Waals surface area contributed by atoms with E-state index in [1.807, 2.05) is 17.2 Å². The fourth-order valence-corrected chi connectivity index (χ4v) is 3.03. The predicted octanol–water partition coefficient (Wildman–Crippen LogP) is 1.40. The first-order valence-electron chi connectivity index (χ1n) is 8.05. The maximum absolute atomic E-state index is 12.6. The summed E-state index contributed by atoms with van der Waals surface area (Å²) >= 11 is 0. The van der Waals surface area contributed by atoms with Crippen molar-refractivity contribution < 1.29 is 4.79 Å². The molecule has 7 nitrogen and oxygen atoms in total. The van der Waals surface area contributed by atoms with E-state index < -0.39 is 0 Å². The van der Waals surface area contributed by atoms with Gasteiger partial charge in [-0.05, 0) is 31.4 Å². The van der Waals surface area contributed by atoms with E-state index in [9.17, 15) is 9.59 Å². The van der Waals surface area contributed by atoms with E-state index in [-0.39, 0.29) is 17.5 Å². The average molecular weight is 315 g/mol. The van der Waals surface area contributed by atoms with Crippen molar-refractivity contribution in [3.8, 4) is 0 Å². The first-order chi connectivity index (χ1) is 11.2. The molecule has 1 saturated heterocycles. The second kappa shape index (κ2) is 6.76. The molecule has 2 aromatic rings. The van der Waals surface area contributed by atoms with Crippen LogP contribution in [0.1, 0.15) is 48.3 Å². The minimum absolute atomic E-state index is 0.0408. The molecule has 23 heavy (non-hydrogen) atoms. The smallest absolute Gasteiger partial charge is 0.337 e. The zero-order valence-electron chi connectivity index (χ0n) is 13.2. The van der Waals surface area contributed by atoms with Crippen molar-refractivity contribution in [3.05, 3.63) is 46.4 Å². The Bertz CT molecular complexity index is 736. The lowest BCUT2D eigenvalue weighted by Crippen LogP contribution is -2.39. The number of nitrogens with zero attached hydrogens (tertiary/aromatic N) is 4. The second-order valence-corrected chi connectivity index (χ2v) is 5.88. The highest BCUT2D eigenvalue weighted by molar-refractivity contribution is 5.92. The number of carbonyl (C=O) groups is 1. The Morgan fingerprint density at radius 3 is 3.09 bits per heavy atom. The fourth-order valence-electron chi connectivity index (χ4n) is 3.03. The lowest BCUT2D eigenvalue weighted by molar-refractivity contribution is 0.0699. The SMILES string of the molecule is CCCn1ccc(C(=O)N2CCC[C@@H](c3ccnc(=O)[nH]3)C2)n1. The van der Waals surface area contributed by atoms with Crippen molar-refractivity contribution in [1.82, 2.24) is 24.6 Å². The van der Waals surface area contributed by atoms with Gasteiger partial charge in [0.15, 0.2) is 0 Å². The van der Waals surface area contributed by atoms with Crippen LogP contribution in [0.4, 0.5) is 0 Å². The molecule has 3 rings (SSSR count). The first-order valence-corrected chi connectivity index (χ1v) is 8.05. The first kappa shape index (κ1) is 15.5. The fraction of sp³-hybridized carbons (Fsp3) is 0.500. The van der Waals surface area contributed by atoms with E-state index in [1.165, 1.54) is 6.20 Å². The summed E-state index contributed by atoms with van der Waals surface area (Å²) in [4.78, 5) is 32.3. The topological polar surface area (TPSA) is 83.9 Å². The van der Waals surface area contributed by atoms with Gasteiger partial charge in [0.25, 0.3) is 5.91 Å². The van der Waals surface area contributed by atoms with E-state index in [0.29, 0.717) is 12.2 Å². The van der Waals surface area contributed by atoms with Gasteiger partial charge >= 0.3 is 5.69 Å².